The predicted octanol–water partition coefficient (Wildman–Crippen LogP) is 1.87. The van der Waals surface area contributed by atoms with Crippen LogP contribution in [-0.4, -0.2) is 16.1 Å². The number of nitrogens with zero attached hydrogens (tertiary/aromatic N) is 1. The molecule has 0 saturated carbocycles. The molecule has 0 aliphatic heterocycles. The fourth-order valence-corrected chi connectivity index (χ4v) is 1.33. The minimum atomic E-state index is -0.948. The molecule has 0 bridgehead atoms. The molecular weight excluding hydrogens is 198 g/mol. The van der Waals surface area contributed by atoms with E-state index < -0.39 is 5.97 Å². The number of aryl methyl sites for hydroxylation is 1. The van der Waals surface area contributed by atoms with Crippen LogP contribution in [0.2, 0.25) is 0 Å². The zero-order valence-corrected chi connectivity index (χ0v) is 8.06. The first-order valence-corrected chi connectivity index (χ1v) is 4.39. The van der Waals surface area contributed by atoms with Gasteiger partial charge in [-0.05, 0) is 12.1 Å². The first-order valence-electron chi connectivity index (χ1n) is 4.39. The molecule has 15 heavy (non-hydrogen) atoms. The highest BCUT2D eigenvalue weighted by atomic mass is 16.4. The Bertz CT molecular complexity index is 470. The molecule has 0 unspecified atom stereocenters. The van der Waals surface area contributed by atoms with E-state index in [0.717, 1.165) is 0 Å². The maximum Gasteiger partial charge on any atom is 0.309 e. The second kappa shape index (κ2) is 3.61. The Labute approximate surface area is 85.3 Å². The summed E-state index contributed by atoms with van der Waals surface area (Å²) in [5, 5.41) is 8.69. The molecule has 78 valence electrons. The number of carbonyl (C=O) groups is 1. The number of rotatable bonds is 3. The summed E-state index contributed by atoms with van der Waals surface area (Å²) in [4.78, 5) is 14.6. The van der Waals surface area contributed by atoms with E-state index in [0.29, 0.717) is 23.1 Å². The SMILES string of the molecule is Cc1nc(CC(=O)O)c(-c2ccco2)o1. The standard InChI is InChI=1S/C10H9NO4/c1-6-11-7(5-9(12)13)10(15-6)8-3-2-4-14-8/h2-4H,5H2,1H3,(H,12,13). The van der Waals surface area contributed by atoms with Gasteiger partial charge in [-0.15, -0.1) is 0 Å². The van der Waals surface area contributed by atoms with Crippen LogP contribution in [0, 0.1) is 6.92 Å². The average Bonchev–Trinajstić information content (AvgIpc) is 2.72. The normalized spacial score (nSPS) is 10.5. The lowest BCUT2D eigenvalue weighted by molar-refractivity contribution is -0.136. The van der Waals surface area contributed by atoms with E-state index in [1.54, 1.807) is 19.1 Å². The quantitative estimate of drug-likeness (QED) is 0.831. The highest BCUT2D eigenvalue weighted by Crippen LogP contribution is 2.25. The maximum atomic E-state index is 10.6. The van der Waals surface area contributed by atoms with Crippen LogP contribution in [0.5, 0.6) is 0 Å². The van der Waals surface area contributed by atoms with Gasteiger partial charge in [0, 0.05) is 6.92 Å². The van der Waals surface area contributed by atoms with Gasteiger partial charge in [-0.2, -0.15) is 0 Å². The van der Waals surface area contributed by atoms with Gasteiger partial charge in [-0.1, -0.05) is 0 Å². The van der Waals surface area contributed by atoms with Crippen molar-refractivity contribution >= 4 is 5.97 Å². The van der Waals surface area contributed by atoms with E-state index in [-0.39, 0.29) is 6.42 Å². The molecule has 5 nitrogen and oxygen atoms in total. The van der Waals surface area contributed by atoms with Gasteiger partial charge in [-0.3, -0.25) is 4.79 Å². The Hall–Kier alpha value is -2.04. The van der Waals surface area contributed by atoms with Crippen LogP contribution in [0.15, 0.2) is 27.2 Å². The summed E-state index contributed by atoms with van der Waals surface area (Å²) in [5.74, 6) is 0.362. The molecule has 0 atom stereocenters. The topological polar surface area (TPSA) is 76.5 Å². The van der Waals surface area contributed by atoms with Gasteiger partial charge in [0.05, 0.1) is 12.7 Å². The van der Waals surface area contributed by atoms with Gasteiger partial charge in [0.1, 0.15) is 5.69 Å². The summed E-state index contributed by atoms with van der Waals surface area (Å²) in [6, 6.07) is 3.41. The van der Waals surface area contributed by atoms with E-state index in [9.17, 15) is 4.79 Å². The Kier molecular flexibility index (Phi) is 2.29. The number of hydrogen-bond acceptors (Lipinski definition) is 4. The molecule has 0 radical (unpaired) electrons. The van der Waals surface area contributed by atoms with Crippen LogP contribution in [0.25, 0.3) is 11.5 Å². The predicted molar refractivity (Wildman–Crippen MR) is 50.3 cm³/mol. The van der Waals surface area contributed by atoms with E-state index in [1.165, 1.54) is 6.26 Å². The molecule has 2 aromatic rings. The van der Waals surface area contributed by atoms with Crippen molar-refractivity contribution in [2.45, 2.75) is 13.3 Å². The Morgan fingerprint density at radius 3 is 3.00 bits per heavy atom. The molecular formula is C10H9NO4. The minimum absolute atomic E-state index is 0.173. The third kappa shape index (κ3) is 1.90. The molecule has 0 aliphatic carbocycles. The van der Waals surface area contributed by atoms with Crippen LogP contribution >= 0.6 is 0 Å². The van der Waals surface area contributed by atoms with Gasteiger partial charge in [0.15, 0.2) is 17.4 Å². The van der Waals surface area contributed by atoms with Crippen LogP contribution in [-0.2, 0) is 11.2 Å². The molecule has 0 amide bonds. The summed E-state index contributed by atoms with van der Waals surface area (Å²) in [5.41, 5.74) is 0.384. The van der Waals surface area contributed by atoms with E-state index in [2.05, 4.69) is 4.98 Å². The largest absolute Gasteiger partial charge is 0.481 e. The molecule has 1 N–H and O–H groups in total. The van der Waals surface area contributed by atoms with Crippen molar-refractivity contribution in [1.29, 1.82) is 0 Å². The van der Waals surface area contributed by atoms with Crippen LogP contribution in [0.3, 0.4) is 0 Å². The van der Waals surface area contributed by atoms with Crippen molar-refractivity contribution in [2.24, 2.45) is 0 Å². The second-order valence-electron chi connectivity index (χ2n) is 3.06. The van der Waals surface area contributed by atoms with Gasteiger partial charge in [0.2, 0.25) is 0 Å². The summed E-state index contributed by atoms with van der Waals surface area (Å²) >= 11 is 0. The smallest absolute Gasteiger partial charge is 0.309 e. The van der Waals surface area contributed by atoms with Crippen LogP contribution < -0.4 is 0 Å². The second-order valence-corrected chi connectivity index (χ2v) is 3.06. The summed E-state index contributed by atoms with van der Waals surface area (Å²) in [6.07, 6.45) is 1.32. The maximum absolute atomic E-state index is 10.6. The third-order valence-corrected chi connectivity index (χ3v) is 1.87. The number of oxazole rings is 1. The Morgan fingerprint density at radius 1 is 1.60 bits per heavy atom. The van der Waals surface area contributed by atoms with Crippen molar-refractivity contribution in [3.8, 4) is 11.5 Å². The fraction of sp³-hybridized carbons (Fsp3) is 0.200. The molecule has 0 aliphatic rings. The van der Waals surface area contributed by atoms with Crippen molar-refractivity contribution in [3.63, 3.8) is 0 Å². The molecule has 0 spiro atoms. The lowest BCUT2D eigenvalue weighted by atomic mass is 10.2. The molecule has 0 aromatic carbocycles. The van der Waals surface area contributed by atoms with Gasteiger partial charge in [-0.25, -0.2) is 4.98 Å². The number of carboxylic acid groups (broad SMARTS) is 1. The van der Waals surface area contributed by atoms with Crippen LogP contribution in [0.1, 0.15) is 11.6 Å². The first kappa shape index (κ1) is 9.51. The molecule has 0 fully saturated rings. The summed E-state index contributed by atoms with van der Waals surface area (Å²) in [7, 11) is 0. The number of hydrogen-bond donors (Lipinski definition) is 1. The zero-order chi connectivity index (χ0) is 10.8. The van der Waals surface area contributed by atoms with Crippen molar-refractivity contribution in [1.82, 2.24) is 4.98 Å². The van der Waals surface area contributed by atoms with Crippen molar-refractivity contribution in [3.05, 3.63) is 30.0 Å². The van der Waals surface area contributed by atoms with Gasteiger partial charge in [0.25, 0.3) is 0 Å². The van der Waals surface area contributed by atoms with Crippen molar-refractivity contribution in [2.75, 3.05) is 0 Å². The number of aliphatic carboxylic acids is 1. The van der Waals surface area contributed by atoms with Gasteiger partial charge >= 0.3 is 5.97 Å². The first-order chi connectivity index (χ1) is 7.16. The average molecular weight is 207 g/mol. The molecule has 2 aromatic heterocycles. The lowest BCUT2D eigenvalue weighted by Crippen LogP contribution is -2.01. The highest BCUT2D eigenvalue weighted by molar-refractivity contribution is 5.72. The van der Waals surface area contributed by atoms with E-state index in [1.807, 2.05) is 0 Å². The lowest BCUT2D eigenvalue weighted by Gasteiger charge is -1.93. The van der Waals surface area contributed by atoms with E-state index >= 15 is 0 Å². The molecule has 0 saturated heterocycles. The highest BCUT2D eigenvalue weighted by Gasteiger charge is 2.17. The number of aromatic nitrogens is 1. The van der Waals surface area contributed by atoms with Gasteiger partial charge < -0.3 is 13.9 Å². The monoisotopic (exact) mass is 207 g/mol. The molecule has 2 heterocycles. The number of furan rings is 1. The summed E-state index contributed by atoms with van der Waals surface area (Å²) in [6.45, 7) is 1.66. The summed E-state index contributed by atoms with van der Waals surface area (Å²) < 4.78 is 10.4. The van der Waals surface area contributed by atoms with Crippen molar-refractivity contribution < 1.29 is 18.7 Å². The Morgan fingerprint density at radius 2 is 2.40 bits per heavy atom. The number of carboxylic acids is 1. The molecule has 5 heteroatoms. The molecule has 2 rings (SSSR count). The van der Waals surface area contributed by atoms with Crippen LogP contribution in [0.4, 0.5) is 0 Å². The third-order valence-electron chi connectivity index (χ3n) is 1.87. The Balaban J connectivity index is 2.42. The zero-order valence-electron chi connectivity index (χ0n) is 8.06. The fourth-order valence-electron chi connectivity index (χ4n) is 1.33. The van der Waals surface area contributed by atoms with E-state index in [4.69, 9.17) is 13.9 Å². The minimum Gasteiger partial charge on any atom is -0.481 e.